The van der Waals surface area contributed by atoms with Crippen LogP contribution < -0.4 is 23.8 Å². The van der Waals surface area contributed by atoms with Crippen LogP contribution in [0.5, 0.6) is 28.7 Å². The number of phenols is 1. The highest BCUT2D eigenvalue weighted by Crippen LogP contribution is 2.46. The fourth-order valence-electron chi connectivity index (χ4n) is 5.01. The second-order valence-corrected chi connectivity index (χ2v) is 9.71. The first-order valence-corrected chi connectivity index (χ1v) is 13.2. The molecule has 40 heavy (non-hydrogen) atoms. The third-order valence-corrected chi connectivity index (χ3v) is 6.88. The number of hydrogen-bond acceptors (Lipinski definition) is 8. The van der Waals surface area contributed by atoms with Crippen LogP contribution in [0.25, 0.3) is 5.76 Å². The topological polar surface area (TPSA) is 115 Å². The van der Waals surface area contributed by atoms with Gasteiger partial charge in [0.05, 0.1) is 24.8 Å². The first-order valence-electron chi connectivity index (χ1n) is 13.2. The molecule has 2 N–H and O–H groups in total. The molecular weight excluding hydrogens is 514 g/mol. The van der Waals surface area contributed by atoms with Crippen molar-refractivity contribution in [3.8, 4) is 28.7 Å². The zero-order valence-electron chi connectivity index (χ0n) is 22.8. The van der Waals surface area contributed by atoms with Crippen molar-refractivity contribution in [2.24, 2.45) is 0 Å². The molecule has 9 heteroatoms. The van der Waals surface area contributed by atoms with Crippen LogP contribution in [0.1, 0.15) is 56.3 Å². The van der Waals surface area contributed by atoms with Gasteiger partial charge in [-0.05, 0) is 73.4 Å². The Morgan fingerprint density at radius 2 is 1.68 bits per heavy atom. The molecule has 208 valence electrons. The number of carbonyl (C=O) groups excluding carboxylic acids is 2. The van der Waals surface area contributed by atoms with Gasteiger partial charge in [-0.2, -0.15) is 0 Å². The molecule has 1 unspecified atom stereocenters. The van der Waals surface area contributed by atoms with E-state index in [1.54, 1.807) is 55.5 Å². The summed E-state index contributed by atoms with van der Waals surface area (Å²) in [6, 6.07) is 13.7. The third kappa shape index (κ3) is 4.68. The van der Waals surface area contributed by atoms with Crippen molar-refractivity contribution >= 4 is 23.1 Å². The number of ketones is 1. The number of nitrogens with zero attached hydrogens (tertiary/aromatic N) is 1. The van der Waals surface area contributed by atoms with Crippen molar-refractivity contribution in [3.63, 3.8) is 0 Å². The normalized spacial score (nSPS) is 17.5. The average molecular weight is 546 g/mol. The molecule has 1 atom stereocenters. The summed E-state index contributed by atoms with van der Waals surface area (Å²) >= 11 is 0. The molecule has 9 nitrogen and oxygen atoms in total. The summed E-state index contributed by atoms with van der Waals surface area (Å²) in [7, 11) is 0. The number of rotatable bonds is 8. The van der Waals surface area contributed by atoms with E-state index in [0.29, 0.717) is 47.3 Å². The summed E-state index contributed by atoms with van der Waals surface area (Å²) in [6.45, 7) is 8.51. The Labute approximate surface area is 232 Å². The van der Waals surface area contributed by atoms with Gasteiger partial charge in [0, 0.05) is 17.3 Å². The SMILES string of the molecule is CCOc1cc(C2/C(=C(\O)c3ccc(OCC)c(C(C)C)c3)C(=O)C(=O)N2c2ccc3c(c2)OCO3)ccc1O. The zero-order chi connectivity index (χ0) is 28.6. The lowest BCUT2D eigenvalue weighted by Gasteiger charge is -2.26. The van der Waals surface area contributed by atoms with Crippen molar-refractivity contribution in [2.45, 2.75) is 39.7 Å². The summed E-state index contributed by atoms with van der Waals surface area (Å²) < 4.78 is 22.3. The summed E-state index contributed by atoms with van der Waals surface area (Å²) in [5.41, 5.74) is 2.00. The van der Waals surface area contributed by atoms with Crippen molar-refractivity contribution in [1.82, 2.24) is 0 Å². The molecule has 1 fully saturated rings. The van der Waals surface area contributed by atoms with Crippen molar-refractivity contribution < 1.29 is 38.7 Å². The maximum atomic E-state index is 13.6. The molecular formula is C31H31NO8. The van der Waals surface area contributed by atoms with Crippen molar-refractivity contribution in [2.75, 3.05) is 24.9 Å². The number of aliphatic hydroxyl groups is 1. The van der Waals surface area contributed by atoms with Gasteiger partial charge in [0.25, 0.3) is 11.7 Å². The van der Waals surface area contributed by atoms with Gasteiger partial charge in [-0.15, -0.1) is 0 Å². The second-order valence-electron chi connectivity index (χ2n) is 9.71. The predicted molar refractivity (Wildman–Crippen MR) is 148 cm³/mol. The first kappa shape index (κ1) is 26.9. The van der Waals surface area contributed by atoms with Gasteiger partial charge in [-0.25, -0.2) is 0 Å². The van der Waals surface area contributed by atoms with E-state index in [1.165, 1.54) is 11.0 Å². The number of Topliss-reactive ketones (excluding diaryl/α,β-unsaturated/α-hetero) is 1. The minimum absolute atomic E-state index is 0.0483. The molecule has 1 saturated heterocycles. The van der Waals surface area contributed by atoms with E-state index in [9.17, 15) is 19.8 Å². The lowest BCUT2D eigenvalue weighted by atomic mass is 9.93. The van der Waals surface area contributed by atoms with E-state index in [1.807, 2.05) is 20.8 Å². The van der Waals surface area contributed by atoms with Crippen molar-refractivity contribution in [1.29, 1.82) is 0 Å². The number of amides is 1. The second kappa shape index (κ2) is 10.8. The summed E-state index contributed by atoms with van der Waals surface area (Å²) in [5.74, 6) is -0.139. The predicted octanol–water partition coefficient (Wildman–Crippen LogP) is 5.67. The number of anilines is 1. The van der Waals surface area contributed by atoms with E-state index in [4.69, 9.17) is 18.9 Å². The molecule has 0 aliphatic carbocycles. The highest BCUT2D eigenvalue weighted by Gasteiger charge is 2.47. The lowest BCUT2D eigenvalue weighted by Crippen LogP contribution is -2.29. The molecule has 0 bridgehead atoms. The number of benzene rings is 3. The smallest absolute Gasteiger partial charge is 0.300 e. The maximum absolute atomic E-state index is 13.6. The van der Waals surface area contributed by atoms with Gasteiger partial charge in [-0.3, -0.25) is 14.5 Å². The highest BCUT2D eigenvalue weighted by molar-refractivity contribution is 6.51. The first-order chi connectivity index (χ1) is 19.2. The third-order valence-electron chi connectivity index (χ3n) is 6.88. The van der Waals surface area contributed by atoms with E-state index in [-0.39, 0.29) is 35.5 Å². The van der Waals surface area contributed by atoms with E-state index >= 15 is 0 Å². The molecule has 0 radical (unpaired) electrons. The number of aliphatic hydroxyl groups excluding tert-OH is 1. The number of aromatic hydroxyl groups is 1. The minimum atomic E-state index is -1.02. The molecule has 2 heterocycles. The van der Waals surface area contributed by atoms with Gasteiger partial charge < -0.3 is 29.2 Å². The average Bonchev–Trinajstić information content (AvgIpc) is 3.51. The standard InChI is InChI=1S/C31H31NO8/c1-5-37-23-11-8-19(13-21(23)17(3)4)29(34)27-28(18-7-10-22(33)25(14-18)38-6-2)32(31(36)30(27)35)20-9-12-24-26(15-20)40-16-39-24/h7-15,17,28,33-34H,5-6,16H2,1-4H3/b29-27+. The molecule has 2 aliphatic rings. The van der Waals surface area contributed by atoms with Gasteiger partial charge in [0.2, 0.25) is 6.79 Å². The lowest BCUT2D eigenvalue weighted by molar-refractivity contribution is -0.132. The maximum Gasteiger partial charge on any atom is 0.300 e. The van der Waals surface area contributed by atoms with Crippen LogP contribution in [-0.2, 0) is 9.59 Å². The summed E-state index contributed by atoms with van der Waals surface area (Å²) in [6.07, 6.45) is 0. The van der Waals surface area contributed by atoms with Gasteiger partial charge in [0.1, 0.15) is 11.5 Å². The molecule has 0 spiro atoms. The Balaban J connectivity index is 1.71. The highest BCUT2D eigenvalue weighted by atomic mass is 16.7. The van der Waals surface area contributed by atoms with Crippen LogP contribution in [0, 0.1) is 0 Å². The Bertz CT molecular complexity index is 1510. The minimum Gasteiger partial charge on any atom is -0.507 e. The van der Waals surface area contributed by atoms with Crippen LogP contribution in [0.4, 0.5) is 5.69 Å². The Morgan fingerprint density at radius 1 is 0.950 bits per heavy atom. The van der Waals surface area contributed by atoms with Gasteiger partial charge in [-0.1, -0.05) is 19.9 Å². The molecule has 3 aromatic carbocycles. The molecule has 0 saturated carbocycles. The van der Waals surface area contributed by atoms with Crippen LogP contribution >= 0.6 is 0 Å². The quantitative estimate of drug-likeness (QED) is 0.211. The van der Waals surface area contributed by atoms with E-state index in [2.05, 4.69) is 0 Å². The monoisotopic (exact) mass is 545 g/mol. The molecule has 2 aliphatic heterocycles. The van der Waals surface area contributed by atoms with Crippen LogP contribution in [0.3, 0.4) is 0 Å². The van der Waals surface area contributed by atoms with E-state index in [0.717, 1.165) is 5.56 Å². The molecule has 0 aromatic heterocycles. The number of fused-ring (bicyclic) bond motifs is 1. The fourth-order valence-corrected chi connectivity index (χ4v) is 5.01. The number of phenolic OH excluding ortho intramolecular Hbond substituents is 1. The Morgan fingerprint density at radius 3 is 2.40 bits per heavy atom. The largest absolute Gasteiger partial charge is 0.507 e. The molecule has 5 rings (SSSR count). The zero-order valence-corrected chi connectivity index (χ0v) is 22.8. The fraction of sp³-hybridized carbons (Fsp3) is 0.290. The number of ether oxygens (including phenoxy) is 4. The summed E-state index contributed by atoms with van der Waals surface area (Å²) in [4.78, 5) is 28.5. The van der Waals surface area contributed by atoms with Crippen LogP contribution in [0.15, 0.2) is 60.2 Å². The Kier molecular flexibility index (Phi) is 7.30. The number of hydrogen-bond donors (Lipinski definition) is 2. The molecule has 1 amide bonds. The Hall–Kier alpha value is -4.66. The summed E-state index contributed by atoms with van der Waals surface area (Å²) in [5, 5.41) is 22.0. The van der Waals surface area contributed by atoms with Crippen LogP contribution in [0.2, 0.25) is 0 Å². The van der Waals surface area contributed by atoms with Crippen LogP contribution in [-0.4, -0.2) is 41.9 Å². The van der Waals surface area contributed by atoms with Gasteiger partial charge >= 0.3 is 0 Å². The molecule has 3 aromatic rings. The van der Waals surface area contributed by atoms with Gasteiger partial charge in [0.15, 0.2) is 23.0 Å². The number of carbonyl (C=O) groups is 2. The van der Waals surface area contributed by atoms with Crippen molar-refractivity contribution in [3.05, 3.63) is 76.9 Å². The van der Waals surface area contributed by atoms with E-state index < -0.39 is 17.7 Å².